The lowest BCUT2D eigenvalue weighted by Crippen LogP contribution is -2.23. The van der Waals surface area contributed by atoms with Crippen LogP contribution in [-0.4, -0.2) is 51.7 Å². The number of nitrogens with zero attached hydrogens (tertiary/aromatic N) is 2. The maximum atomic E-state index is 11.8. The summed E-state index contributed by atoms with van der Waals surface area (Å²) in [5.41, 5.74) is 5.56. The molecule has 0 aliphatic rings. The van der Waals surface area contributed by atoms with E-state index >= 15 is 0 Å². The van der Waals surface area contributed by atoms with Crippen molar-refractivity contribution in [2.75, 3.05) is 25.1 Å². The van der Waals surface area contributed by atoms with E-state index in [2.05, 4.69) is 61.8 Å². The maximum Gasteiger partial charge on any atom is 0.296 e. The fraction of sp³-hybridized carbons (Fsp3) is 0.172. The summed E-state index contributed by atoms with van der Waals surface area (Å²) >= 11 is 2.19. The minimum atomic E-state index is -0.308. The van der Waals surface area contributed by atoms with E-state index < -0.39 is 0 Å². The normalized spacial score (nSPS) is 11.4. The number of halogens is 1. The van der Waals surface area contributed by atoms with Gasteiger partial charge in [-0.2, -0.15) is 0 Å². The third-order valence-corrected chi connectivity index (χ3v) is 5.98. The second-order valence-corrected chi connectivity index (χ2v) is 9.61. The van der Waals surface area contributed by atoms with Crippen LogP contribution in [0.25, 0.3) is 10.9 Å². The minimum absolute atomic E-state index is 0.0294. The Bertz CT molecular complexity index is 1450. The van der Waals surface area contributed by atoms with Gasteiger partial charge >= 0.3 is 0 Å². The number of nitrogens with one attached hydrogen (secondary N) is 2. The van der Waals surface area contributed by atoms with Crippen molar-refractivity contribution >= 4 is 50.8 Å². The van der Waals surface area contributed by atoms with Crippen LogP contribution in [0.4, 0.5) is 5.69 Å². The minimum Gasteiger partial charge on any atom is -0.494 e. The number of aromatic amines is 1. The molecule has 6 nitrogen and oxygen atoms in total. The van der Waals surface area contributed by atoms with Crippen LogP contribution in [-0.2, 0) is 11.3 Å². The topological polar surface area (TPSA) is 80.7 Å². The fourth-order valence-electron chi connectivity index (χ4n) is 3.87. The van der Waals surface area contributed by atoms with Crippen molar-refractivity contribution in [2.45, 2.75) is 6.54 Å². The molecule has 0 aliphatic heterocycles. The van der Waals surface area contributed by atoms with E-state index in [-0.39, 0.29) is 11.8 Å². The van der Waals surface area contributed by atoms with Crippen molar-refractivity contribution < 1.29 is 9.90 Å². The van der Waals surface area contributed by atoms with Crippen LogP contribution in [0.2, 0.25) is 0 Å². The van der Waals surface area contributed by atoms with Crippen LogP contribution in [0, 0.1) is 11.8 Å². The Morgan fingerprint density at radius 1 is 1.08 bits per heavy atom. The predicted molar refractivity (Wildman–Crippen MR) is 154 cm³/mol. The number of fused-ring (bicyclic) bond motifs is 1. The van der Waals surface area contributed by atoms with Crippen LogP contribution < -0.4 is 5.32 Å². The molecule has 0 saturated carbocycles. The van der Waals surface area contributed by atoms with Gasteiger partial charge in [0.05, 0.1) is 22.5 Å². The summed E-state index contributed by atoms with van der Waals surface area (Å²) < 4.78 is 0.827. The van der Waals surface area contributed by atoms with Crippen molar-refractivity contribution in [3.05, 3.63) is 95.1 Å². The summed E-state index contributed by atoms with van der Waals surface area (Å²) in [5.74, 6) is 5.23. The number of aliphatic imine (C=N–C) groups is 1. The van der Waals surface area contributed by atoms with E-state index in [0.29, 0.717) is 28.9 Å². The summed E-state index contributed by atoms with van der Waals surface area (Å²) in [6.07, 6.45) is 0. The molecule has 0 aliphatic carbocycles. The van der Waals surface area contributed by atoms with E-state index in [1.807, 2.05) is 74.8 Å². The monoisotopic (exact) mass is 590 g/mol. The van der Waals surface area contributed by atoms with Crippen LogP contribution in [0.15, 0.2) is 77.8 Å². The zero-order valence-corrected chi connectivity index (χ0v) is 22.3. The van der Waals surface area contributed by atoms with Crippen molar-refractivity contribution in [3.8, 4) is 17.7 Å². The summed E-state index contributed by atoms with van der Waals surface area (Å²) in [7, 11) is 4.08. The highest BCUT2D eigenvalue weighted by molar-refractivity contribution is 14.1. The van der Waals surface area contributed by atoms with Gasteiger partial charge in [0.2, 0.25) is 0 Å². The molecule has 1 heterocycles. The van der Waals surface area contributed by atoms with Crippen LogP contribution in [0.1, 0.15) is 22.3 Å². The quantitative estimate of drug-likeness (QED) is 0.123. The molecule has 4 rings (SSSR count). The molecule has 0 radical (unpaired) electrons. The smallest absolute Gasteiger partial charge is 0.296 e. The van der Waals surface area contributed by atoms with Crippen LogP contribution in [0.5, 0.6) is 5.88 Å². The van der Waals surface area contributed by atoms with E-state index in [4.69, 9.17) is 4.99 Å². The van der Waals surface area contributed by atoms with Gasteiger partial charge in [0.15, 0.2) is 5.88 Å². The average Bonchev–Trinajstić information content (AvgIpc) is 3.20. The van der Waals surface area contributed by atoms with Gasteiger partial charge < -0.3 is 20.3 Å². The van der Waals surface area contributed by atoms with Gasteiger partial charge in [0, 0.05) is 40.0 Å². The molecule has 0 fully saturated rings. The number of carbonyl (C=O) groups is 1. The van der Waals surface area contributed by atoms with Gasteiger partial charge in [-0.05, 0) is 43.9 Å². The molecule has 4 aromatic rings. The number of amides is 1. The SMILES string of the molecule is CN(C)Cc1ccc(N=C(c2ccccc2)c2c(O)[nH]c3cc(C#CC(=O)NCCI)ccc23)cc1. The molecule has 3 aromatic carbocycles. The molecule has 0 unspecified atom stereocenters. The maximum absolute atomic E-state index is 11.8. The number of rotatable bonds is 7. The highest BCUT2D eigenvalue weighted by Crippen LogP contribution is 2.32. The summed E-state index contributed by atoms with van der Waals surface area (Å²) in [6, 6.07) is 23.5. The Morgan fingerprint density at radius 2 is 1.83 bits per heavy atom. The zero-order valence-electron chi connectivity index (χ0n) is 20.2. The third kappa shape index (κ3) is 6.33. The van der Waals surface area contributed by atoms with E-state index in [1.165, 1.54) is 5.56 Å². The van der Waals surface area contributed by atoms with Crippen LogP contribution in [0.3, 0.4) is 0 Å². The van der Waals surface area contributed by atoms with Crippen LogP contribution >= 0.6 is 22.6 Å². The molecule has 0 bridgehead atoms. The Hall–Kier alpha value is -3.61. The van der Waals surface area contributed by atoms with Gasteiger partial charge in [0.1, 0.15) is 0 Å². The molecule has 7 heteroatoms. The van der Waals surface area contributed by atoms with Gasteiger partial charge in [0.25, 0.3) is 5.91 Å². The molecule has 182 valence electrons. The number of alkyl halides is 1. The molecule has 3 N–H and O–H groups in total. The second kappa shape index (κ2) is 11.9. The van der Waals surface area contributed by atoms with Crippen molar-refractivity contribution in [3.63, 3.8) is 0 Å². The number of H-pyrrole nitrogens is 1. The largest absolute Gasteiger partial charge is 0.494 e. The molecular weight excluding hydrogens is 563 g/mol. The van der Waals surface area contributed by atoms with Crippen molar-refractivity contribution in [1.82, 2.24) is 15.2 Å². The fourth-order valence-corrected chi connectivity index (χ4v) is 4.14. The van der Waals surface area contributed by atoms with Gasteiger partial charge in [-0.15, -0.1) is 0 Å². The number of aromatic hydroxyl groups is 1. The summed E-state index contributed by atoms with van der Waals surface area (Å²) in [6.45, 7) is 1.44. The first-order valence-electron chi connectivity index (χ1n) is 11.5. The first-order valence-corrected chi connectivity index (χ1v) is 13.1. The van der Waals surface area contributed by atoms with Gasteiger partial charge in [-0.1, -0.05) is 77.0 Å². The van der Waals surface area contributed by atoms with Gasteiger partial charge in [-0.3, -0.25) is 4.79 Å². The van der Waals surface area contributed by atoms with Gasteiger partial charge in [-0.25, -0.2) is 4.99 Å². The first kappa shape index (κ1) is 25.5. The molecule has 1 amide bonds. The molecule has 0 saturated heterocycles. The number of hydrogen-bond acceptors (Lipinski definition) is 4. The molecule has 1 aromatic heterocycles. The highest BCUT2D eigenvalue weighted by Gasteiger charge is 2.19. The van der Waals surface area contributed by atoms with E-state index in [0.717, 1.165) is 27.6 Å². The number of benzene rings is 3. The van der Waals surface area contributed by atoms with E-state index in [9.17, 15) is 9.90 Å². The number of hydrogen-bond donors (Lipinski definition) is 3. The lowest BCUT2D eigenvalue weighted by atomic mass is 10.00. The first-order chi connectivity index (χ1) is 17.4. The Balaban J connectivity index is 1.75. The Morgan fingerprint density at radius 3 is 2.53 bits per heavy atom. The Labute approximate surface area is 224 Å². The van der Waals surface area contributed by atoms with Crippen molar-refractivity contribution in [1.29, 1.82) is 0 Å². The van der Waals surface area contributed by atoms with Crippen molar-refractivity contribution in [2.24, 2.45) is 4.99 Å². The molecule has 0 atom stereocenters. The highest BCUT2D eigenvalue weighted by atomic mass is 127. The number of aromatic nitrogens is 1. The molecule has 0 spiro atoms. The standard InChI is InChI=1S/C29H27IN4O2/c1-34(2)19-21-8-12-23(13-9-21)32-28(22-6-4-3-5-7-22)27-24-14-10-20(18-25(24)33-29(27)36)11-15-26(35)31-17-16-30/h3-10,12-14,18,33,36H,16-17,19H2,1-2H3,(H,31,35). The lowest BCUT2D eigenvalue weighted by molar-refractivity contribution is -0.115. The lowest BCUT2D eigenvalue weighted by Gasteiger charge is -2.10. The summed E-state index contributed by atoms with van der Waals surface area (Å²) in [5, 5.41) is 14.5. The predicted octanol–water partition coefficient (Wildman–Crippen LogP) is 5.01. The molecule has 36 heavy (non-hydrogen) atoms. The zero-order chi connectivity index (χ0) is 25.5. The Kier molecular flexibility index (Phi) is 8.41. The number of carbonyl (C=O) groups excluding carboxylic acids is 1. The average molecular weight is 590 g/mol. The molecular formula is C29H27IN4O2. The second-order valence-electron chi connectivity index (χ2n) is 8.53. The van der Waals surface area contributed by atoms with E-state index in [1.54, 1.807) is 0 Å². The summed E-state index contributed by atoms with van der Waals surface area (Å²) in [4.78, 5) is 22.0. The third-order valence-electron chi connectivity index (χ3n) is 5.44.